The number of non-ortho nitro benzene ring substituents is 1. The molecule has 3 rings (SSSR count). The Labute approximate surface area is 143 Å². The number of hydrogen-bond acceptors (Lipinski definition) is 7. The Kier molecular flexibility index (Phi) is 4.89. The lowest BCUT2D eigenvalue weighted by atomic mass is 10.1. The molecule has 0 fully saturated rings. The molecule has 1 heterocycles. The van der Waals surface area contributed by atoms with E-state index in [2.05, 4.69) is 15.5 Å². The molecule has 128 valence electrons. The molecule has 0 bridgehead atoms. The molecule has 8 heteroatoms. The zero-order chi connectivity index (χ0) is 17.6. The summed E-state index contributed by atoms with van der Waals surface area (Å²) >= 11 is 0. The van der Waals surface area contributed by atoms with E-state index in [0.717, 1.165) is 5.56 Å². The number of nitro benzene ring substituents is 1. The van der Waals surface area contributed by atoms with Gasteiger partial charge in [-0.15, -0.1) is 0 Å². The van der Waals surface area contributed by atoms with Crippen LogP contribution in [0.4, 0.5) is 11.4 Å². The fourth-order valence-electron chi connectivity index (χ4n) is 2.33. The van der Waals surface area contributed by atoms with E-state index in [0.29, 0.717) is 29.6 Å². The number of hydrogen-bond donors (Lipinski definition) is 1. The first-order chi connectivity index (χ1) is 12.2. The second-order valence-electron chi connectivity index (χ2n) is 5.26. The summed E-state index contributed by atoms with van der Waals surface area (Å²) in [5.41, 5.74) is 1.54. The summed E-state index contributed by atoms with van der Waals surface area (Å²) in [7, 11) is 1.50. The van der Waals surface area contributed by atoms with Crippen molar-refractivity contribution in [2.24, 2.45) is 0 Å². The number of aromatic nitrogens is 2. The maximum atomic E-state index is 10.9. The van der Waals surface area contributed by atoms with Gasteiger partial charge in [0.1, 0.15) is 5.75 Å². The molecule has 0 atom stereocenters. The van der Waals surface area contributed by atoms with Crippen LogP contribution < -0.4 is 10.1 Å². The van der Waals surface area contributed by atoms with Crippen molar-refractivity contribution in [3.63, 3.8) is 0 Å². The summed E-state index contributed by atoms with van der Waals surface area (Å²) < 4.78 is 10.4. The van der Waals surface area contributed by atoms with Gasteiger partial charge in [-0.25, -0.2) is 0 Å². The topological polar surface area (TPSA) is 103 Å². The minimum absolute atomic E-state index is 0.0291. The van der Waals surface area contributed by atoms with Crippen LogP contribution in [-0.2, 0) is 13.0 Å². The van der Waals surface area contributed by atoms with Gasteiger partial charge in [-0.1, -0.05) is 35.5 Å². The third-order valence-corrected chi connectivity index (χ3v) is 3.54. The number of rotatable bonds is 7. The predicted molar refractivity (Wildman–Crippen MR) is 90.5 cm³/mol. The normalized spacial score (nSPS) is 10.4. The standard InChI is InChI=1S/C17H16N4O4/c1-24-15-8-7-13(21(22)23)10-14(15)18-11-17-19-16(20-25-17)9-12-5-3-2-4-6-12/h2-8,10,18H,9,11H2,1H3. The van der Waals surface area contributed by atoms with E-state index in [1.165, 1.54) is 25.3 Å². The van der Waals surface area contributed by atoms with Crippen LogP contribution in [-0.4, -0.2) is 22.2 Å². The first-order valence-electron chi connectivity index (χ1n) is 7.57. The van der Waals surface area contributed by atoms with E-state index >= 15 is 0 Å². The van der Waals surface area contributed by atoms with Crippen LogP contribution in [0.5, 0.6) is 5.75 Å². The fraction of sp³-hybridized carbons (Fsp3) is 0.176. The zero-order valence-corrected chi connectivity index (χ0v) is 13.5. The van der Waals surface area contributed by atoms with Crippen molar-refractivity contribution in [3.05, 3.63) is 75.9 Å². The molecular weight excluding hydrogens is 324 g/mol. The van der Waals surface area contributed by atoms with E-state index in [9.17, 15) is 10.1 Å². The van der Waals surface area contributed by atoms with Gasteiger partial charge in [-0.2, -0.15) is 4.98 Å². The maximum Gasteiger partial charge on any atom is 0.271 e. The Balaban J connectivity index is 1.68. The van der Waals surface area contributed by atoms with Crippen LogP contribution in [0, 0.1) is 10.1 Å². The minimum Gasteiger partial charge on any atom is -0.495 e. The summed E-state index contributed by atoms with van der Waals surface area (Å²) in [4.78, 5) is 14.8. The molecule has 0 amide bonds. The van der Waals surface area contributed by atoms with Crippen molar-refractivity contribution in [1.82, 2.24) is 10.1 Å². The lowest BCUT2D eigenvalue weighted by Gasteiger charge is -2.09. The van der Waals surface area contributed by atoms with E-state index < -0.39 is 4.92 Å². The largest absolute Gasteiger partial charge is 0.495 e. The minimum atomic E-state index is -0.463. The molecule has 1 aromatic heterocycles. The van der Waals surface area contributed by atoms with Gasteiger partial charge >= 0.3 is 0 Å². The summed E-state index contributed by atoms with van der Waals surface area (Å²) in [6.07, 6.45) is 0.574. The van der Waals surface area contributed by atoms with Crippen LogP contribution in [0.3, 0.4) is 0 Å². The molecule has 0 unspecified atom stereocenters. The second kappa shape index (κ2) is 7.43. The Bertz CT molecular complexity index is 864. The average Bonchev–Trinajstić information content (AvgIpc) is 3.07. The van der Waals surface area contributed by atoms with Crippen molar-refractivity contribution in [3.8, 4) is 5.75 Å². The summed E-state index contributed by atoms with van der Waals surface area (Å²) in [5.74, 6) is 1.46. The first-order valence-corrected chi connectivity index (χ1v) is 7.57. The van der Waals surface area contributed by atoms with Crippen LogP contribution >= 0.6 is 0 Å². The molecular formula is C17H16N4O4. The fourth-order valence-corrected chi connectivity index (χ4v) is 2.33. The highest BCUT2D eigenvalue weighted by molar-refractivity contribution is 5.61. The molecule has 1 N–H and O–H groups in total. The lowest BCUT2D eigenvalue weighted by Crippen LogP contribution is -2.03. The molecule has 3 aromatic rings. The quantitative estimate of drug-likeness (QED) is 0.520. The molecule has 0 saturated heterocycles. The molecule has 0 aliphatic rings. The van der Waals surface area contributed by atoms with Crippen molar-refractivity contribution in [1.29, 1.82) is 0 Å². The van der Waals surface area contributed by atoms with Crippen molar-refractivity contribution in [2.75, 3.05) is 12.4 Å². The number of nitrogens with zero attached hydrogens (tertiary/aromatic N) is 3. The summed E-state index contributed by atoms with van der Waals surface area (Å²) in [6, 6.07) is 14.1. The predicted octanol–water partition coefficient (Wildman–Crippen LogP) is 3.19. The third kappa shape index (κ3) is 4.11. The Morgan fingerprint density at radius 3 is 2.76 bits per heavy atom. The van der Waals surface area contributed by atoms with Crippen LogP contribution in [0.25, 0.3) is 0 Å². The first kappa shape index (κ1) is 16.4. The van der Waals surface area contributed by atoms with Gasteiger partial charge in [0.2, 0.25) is 5.89 Å². The number of ether oxygens (including phenoxy) is 1. The highest BCUT2D eigenvalue weighted by Crippen LogP contribution is 2.29. The molecule has 8 nitrogen and oxygen atoms in total. The smallest absolute Gasteiger partial charge is 0.271 e. The number of nitrogens with one attached hydrogen (secondary N) is 1. The van der Waals surface area contributed by atoms with Crippen LogP contribution in [0.1, 0.15) is 17.3 Å². The van der Waals surface area contributed by atoms with E-state index in [1.807, 2.05) is 30.3 Å². The Morgan fingerprint density at radius 2 is 2.04 bits per heavy atom. The number of nitro groups is 1. The van der Waals surface area contributed by atoms with Gasteiger partial charge < -0.3 is 14.6 Å². The molecule has 0 aliphatic carbocycles. The lowest BCUT2D eigenvalue weighted by molar-refractivity contribution is -0.384. The highest BCUT2D eigenvalue weighted by atomic mass is 16.6. The number of benzene rings is 2. The third-order valence-electron chi connectivity index (χ3n) is 3.54. The van der Waals surface area contributed by atoms with Crippen molar-refractivity contribution >= 4 is 11.4 Å². The molecule has 0 radical (unpaired) electrons. The zero-order valence-electron chi connectivity index (χ0n) is 13.5. The monoisotopic (exact) mass is 340 g/mol. The van der Waals surface area contributed by atoms with E-state index in [-0.39, 0.29) is 12.2 Å². The maximum absolute atomic E-state index is 10.9. The van der Waals surface area contributed by atoms with Gasteiger partial charge in [0.05, 0.1) is 24.3 Å². The van der Waals surface area contributed by atoms with Gasteiger partial charge in [0.25, 0.3) is 5.69 Å². The van der Waals surface area contributed by atoms with Gasteiger partial charge in [0.15, 0.2) is 5.82 Å². The molecule has 2 aromatic carbocycles. The molecule has 0 aliphatic heterocycles. The summed E-state index contributed by atoms with van der Waals surface area (Å²) in [5, 5.41) is 17.9. The van der Waals surface area contributed by atoms with Crippen molar-refractivity contribution in [2.45, 2.75) is 13.0 Å². The van der Waals surface area contributed by atoms with Crippen LogP contribution in [0.15, 0.2) is 53.1 Å². The number of methoxy groups -OCH3 is 1. The second-order valence-corrected chi connectivity index (χ2v) is 5.26. The average molecular weight is 340 g/mol. The summed E-state index contributed by atoms with van der Waals surface area (Å²) in [6.45, 7) is 0.235. The highest BCUT2D eigenvalue weighted by Gasteiger charge is 2.13. The SMILES string of the molecule is COc1ccc([N+](=O)[O-])cc1NCc1nc(Cc2ccccc2)no1. The van der Waals surface area contributed by atoms with Crippen LogP contribution in [0.2, 0.25) is 0 Å². The molecule has 0 saturated carbocycles. The molecule has 25 heavy (non-hydrogen) atoms. The van der Waals surface area contributed by atoms with Gasteiger partial charge in [0, 0.05) is 18.6 Å². The van der Waals surface area contributed by atoms with Gasteiger partial charge in [-0.3, -0.25) is 10.1 Å². The Hall–Kier alpha value is -3.42. The number of anilines is 1. The molecule has 0 spiro atoms. The Morgan fingerprint density at radius 1 is 1.24 bits per heavy atom. The van der Waals surface area contributed by atoms with Gasteiger partial charge in [-0.05, 0) is 11.6 Å². The van der Waals surface area contributed by atoms with Crippen molar-refractivity contribution < 1.29 is 14.2 Å². The van der Waals surface area contributed by atoms with E-state index in [1.54, 1.807) is 0 Å². The van der Waals surface area contributed by atoms with E-state index in [4.69, 9.17) is 9.26 Å².